The number of esters is 1. The predicted octanol–water partition coefficient (Wildman–Crippen LogP) is 11.2. The molecule has 4 aromatic carbocycles. The smallest absolute Gasteiger partial charge is 0.479 e. The first-order valence-corrected chi connectivity index (χ1v) is 23.0. The first-order chi connectivity index (χ1) is 31.6. The number of halogens is 3. The maximum Gasteiger partial charge on any atom is 0.511 e. The lowest BCUT2D eigenvalue weighted by Crippen LogP contribution is -2.29. The van der Waals surface area contributed by atoms with Crippen LogP contribution in [0.3, 0.4) is 0 Å². The van der Waals surface area contributed by atoms with Crippen LogP contribution in [-0.4, -0.2) is 101 Å². The first-order valence-electron chi connectivity index (χ1n) is 21.7. The van der Waals surface area contributed by atoms with Gasteiger partial charge in [0.2, 0.25) is 6.79 Å². The number of rotatable bonds is 21. The molecule has 0 fully saturated rings. The van der Waals surface area contributed by atoms with E-state index in [9.17, 15) is 39.4 Å². The van der Waals surface area contributed by atoms with E-state index in [1.54, 1.807) is 41.3 Å². The molecule has 0 aliphatic heterocycles. The van der Waals surface area contributed by atoms with E-state index in [1.165, 1.54) is 0 Å². The largest absolute Gasteiger partial charge is 0.511 e. The van der Waals surface area contributed by atoms with E-state index in [4.69, 9.17) is 49.4 Å². The zero-order valence-corrected chi connectivity index (χ0v) is 40.8. The number of ether oxygens (including phenoxy) is 5. The number of carbonyl (C=O) groups excluding carboxylic acids is 3. The SMILES string of the molecule is C.C.CB(O)C[C@H](Cc1ccc(-c2cccc(Cl)c2)cc1)C[C@@H](O)C(=O)O.CB(O)C[C@H](Cc1ccc(-c2cccc(Cl)c2)cc1)C[C@@H](O)C(=O)OCOC(=O)OC(C)C.CC(C)OC(=O)OCCl. The molecule has 0 bridgehead atoms. The predicted molar refractivity (Wildman–Crippen MR) is 275 cm³/mol. The van der Waals surface area contributed by atoms with Crippen LogP contribution in [0.1, 0.15) is 66.5 Å². The van der Waals surface area contributed by atoms with Gasteiger partial charge in [0, 0.05) is 10.0 Å². The van der Waals surface area contributed by atoms with Crippen molar-refractivity contribution in [3.05, 3.63) is 118 Å². The standard InChI is InChI=1S/C24H30BClO7.C19H22BClO4.C5H9ClO3.2CH4/c1-16(2)33-24(29)32-15-31-23(28)22(27)12-18(14-25(3)30)11-17-7-9-19(10-8-17)20-5-4-6-21(26)13-20;1-20(25)12-14(10-18(22)19(23)24)9-13-5-7-15(8-6-13)16-3-2-4-17(21)11-16;1-4(2)9-5(7)8-3-6;;/h4-10,13,16,18,22,27,30H,11-12,14-15H2,1-3H3;2-8,11,14,18,22,25H,9-10,12H2,1H3,(H,23,24);4H,3H2,1-2H3;2*1H4/t18-,22-;14-,18-;;;/m11.../s1. The fraction of sp³-hybridized carbons (Fsp3) is 0.440. The number of aliphatic carboxylic acids is 1. The summed E-state index contributed by atoms with van der Waals surface area (Å²) >= 11 is 17.1. The van der Waals surface area contributed by atoms with Crippen LogP contribution in [0.2, 0.25) is 36.3 Å². The topological polar surface area (TPSA) is 216 Å². The highest BCUT2D eigenvalue weighted by atomic mass is 35.5. The van der Waals surface area contributed by atoms with Gasteiger partial charge in [-0.1, -0.05) is 136 Å². The number of hydrogen-bond donors (Lipinski definition) is 5. The maximum absolute atomic E-state index is 12.1. The summed E-state index contributed by atoms with van der Waals surface area (Å²) in [6, 6.07) is 30.9. The van der Waals surface area contributed by atoms with Gasteiger partial charge in [0.1, 0.15) is 0 Å². The molecule has 0 aliphatic rings. The zero-order chi connectivity index (χ0) is 50.1. The second-order valence-electron chi connectivity index (χ2n) is 16.4. The van der Waals surface area contributed by atoms with Crippen molar-refractivity contribution >= 4 is 72.9 Å². The van der Waals surface area contributed by atoms with Crippen LogP contribution in [0.15, 0.2) is 97.1 Å². The quantitative estimate of drug-likeness (QED) is 0.0173. The molecular weight excluding hydrogens is 953 g/mol. The Hall–Kier alpha value is -4.80. The molecule has 69 heavy (non-hydrogen) atoms. The van der Waals surface area contributed by atoms with Gasteiger partial charge in [0.25, 0.3) is 13.8 Å². The number of carboxylic acids is 1. The molecule has 0 aliphatic carbocycles. The number of carboxylic acid groups (broad SMARTS) is 1. The summed E-state index contributed by atoms with van der Waals surface area (Å²) in [5, 5.41) is 49.6. The van der Waals surface area contributed by atoms with Crippen LogP contribution in [-0.2, 0) is 46.1 Å². The second-order valence-corrected chi connectivity index (χ2v) is 17.5. The Morgan fingerprint density at radius 2 is 0.971 bits per heavy atom. The normalized spacial score (nSPS) is 12.1. The van der Waals surface area contributed by atoms with E-state index in [1.807, 2.05) is 97.1 Å². The van der Waals surface area contributed by atoms with Gasteiger partial charge in [-0.15, -0.1) is 0 Å². The minimum Gasteiger partial charge on any atom is -0.479 e. The van der Waals surface area contributed by atoms with Crippen molar-refractivity contribution in [1.82, 2.24) is 0 Å². The van der Waals surface area contributed by atoms with E-state index < -0.39 is 57.1 Å². The third-order valence-electron chi connectivity index (χ3n) is 9.51. The molecule has 0 radical (unpaired) electrons. The van der Waals surface area contributed by atoms with Gasteiger partial charge in [-0.3, -0.25) is 0 Å². The lowest BCUT2D eigenvalue weighted by atomic mass is 9.62. The van der Waals surface area contributed by atoms with Gasteiger partial charge >= 0.3 is 24.2 Å². The molecule has 0 spiro atoms. The lowest BCUT2D eigenvalue weighted by molar-refractivity contribution is -0.164. The van der Waals surface area contributed by atoms with Gasteiger partial charge in [0.15, 0.2) is 18.3 Å². The minimum atomic E-state index is -1.41. The molecule has 0 saturated carbocycles. The summed E-state index contributed by atoms with van der Waals surface area (Å²) in [7, 11) is 0. The van der Waals surface area contributed by atoms with Crippen LogP contribution < -0.4 is 0 Å². The van der Waals surface area contributed by atoms with Gasteiger partial charge in [0.05, 0.1) is 12.2 Å². The molecule has 4 aromatic rings. The van der Waals surface area contributed by atoms with Crippen molar-refractivity contribution in [2.75, 3.05) is 12.9 Å². The van der Waals surface area contributed by atoms with E-state index in [2.05, 4.69) is 14.2 Å². The van der Waals surface area contributed by atoms with Gasteiger partial charge in [-0.05, 0) is 136 Å². The fourth-order valence-electron chi connectivity index (χ4n) is 6.72. The lowest BCUT2D eigenvalue weighted by Gasteiger charge is -2.20. The van der Waals surface area contributed by atoms with E-state index in [0.717, 1.165) is 33.4 Å². The molecule has 4 rings (SSSR count). The molecule has 14 nitrogen and oxygen atoms in total. The van der Waals surface area contributed by atoms with E-state index >= 15 is 0 Å². The Balaban J connectivity index is 0.00000113. The van der Waals surface area contributed by atoms with Crippen molar-refractivity contribution in [2.45, 2.75) is 119 Å². The number of benzene rings is 4. The molecule has 5 N–H and O–H groups in total. The Labute approximate surface area is 423 Å². The van der Waals surface area contributed by atoms with Crippen LogP contribution in [0.25, 0.3) is 22.3 Å². The Kier molecular flexibility index (Phi) is 32.1. The van der Waals surface area contributed by atoms with Crippen molar-refractivity contribution in [2.24, 2.45) is 11.8 Å². The average molecular weight is 1020 g/mol. The highest BCUT2D eigenvalue weighted by molar-refractivity contribution is 6.48. The Bertz CT molecular complexity index is 2090. The van der Waals surface area contributed by atoms with Crippen molar-refractivity contribution in [1.29, 1.82) is 0 Å². The number of hydrogen-bond acceptors (Lipinski definition) is 13. The van der Waals surface area contributed by atoms with Crippen LogP contribution in [0.4, 0.5) is 9.59 Å². The summed E-state index contributed by atoms with van der Waals surface area (Å²) in [6.45, 7) is 8.32. The highest BCUT2D eigenvalue weighted by Crippen LogP contribution is 2.27. The van der Waals surface area contributed by atoms with Gasteiger partial charge < -0.3 is 49.1 Å². The molecule has 19 heteroatoms. The molecule has 380 valence electrons. The molecule has 0 amide bonds. The number of carbonyl (C=O) groups is 4. The van der Waals surface area contributed by atoms with Crippen molar-refractivity contribution in [3.63, 3.8) is 0 Å². The minimum absolute atomic E-state index is 0. The number of aliphatic hydroxyl groups is 2. The molecule has 0 aromatic heterocycles. The Morgan fingerprint density at radius 1 is 0.580 bits per heavy atom. The average Bonchev–Trinajstić information content (AvgIpc) is 3.23. The number of alkyl halides is 1. The van der Waals surface area contributed by atoms with Crippen molar-refractivity contribution < 1.29 is 68.2 Å². The molecule has 4 atom stereocenters. The molecule has 0 heterocycles. The summed E-state index contributed by atoms with van der Waals surface area (Å²) in [4.78, 5) is 44.6. The van der Waals surface area contributed by atoms with Gasteiger partial charge in [-0.25, -0.2) is 19.2 Å². The maximum atomic E-state index is 12.1. The van der Waals surface area contributed by atoms with Crippen LogP contribution in [0.5, 0.6) is 0 Å². The Morgan fingerprint density at radius 3 is 1.32 bits per heavy atom. The molecule has 0 saturated heterocycles. The fourth-order valence-corrected chi connectivity index (χ4v) is 7.19. The van der Waals surface area contributed by atoms with E-state index in [-0.39, 0.29) is 57.8 Å². The van der Waals surface area contributed by atoms with E-state index in [0.29, 0.717) is 35.5 Å². The zero-order valence-electron chi connectivity index (χ0n) is 38.6. The summed E-state index contributed by atoms with van der Waals surface area (Å²) in [6.07, 6.45) is -2.79. The van der Waals surface area contributed by atoms with Gasteiger partial charge in [-0.2, -0.15) is 0 Å². The summed E-state index contributed by atoms with van der Waals surface area (Å²) in [5.41, 5.74) is 6.14. The third-order valence-corrected chi connectivity index (χ3v) is 10.1. The molecule has 0 unspecified atom stereocenters. The van der Waals surface area contributed by atoms with Crippen LogP contribution >= 0.6 is 34.8 Å². The summed E-state index contributed by atoms with van der Waals surface area (Å²) in [5.74, 6) is -2.41. The number of aliphatic hydroxyl groups excluding tert-OH is 2. The van der Waals surface area contributed by atoms with Crippen LogP contribution in [0, 0.1) is 11.8 Å². The first kappa shape index (κ1) is 64.2. The highest BCUT2D eigenvalue weighted by Gasteiger charge is 2.26. The second kappa shape index (κ2) is 34.5. The molecular formula is C50H69B2Cl3O14. The van der Waals surface area contributed by atoms with Crippen molar-refractivity contribution in [3.8, 4) is 22.3 Å². The monoisotopic (exact) mass is 1020 g/mol. The summed E-state index contributed by atoms with van der Waals surface area (Å²) < 4.78 is 23.0. The third kappa shape index (κ3) is 27.8.